The zero-order valence-corrected chi connectivity index (χ0v) is 21.7. The van der Waals surface area contributed by atoms with Crippen molar-refractivity contribution in [2.75, 3.05) is 26.7 Å². The minimum Gasteiger partial charge on any atom is -0.497 e. The van der Waals surface area contributed by atoms with E-state index in [1.807, 2.05) is 24.0 Å². The van der Waals surface area contributed by atoms with E-state index in [1.165, 1.54) is 0 Å². The van der Waals surface area contributed by atoms with E-state index in [1.54, 1.807) is 24.9 Å². The Morgan fingerprint density at radius 2 is 1.90 bits per heavy atom. The Morgan fingerprint density at radius 3 is 2.54 bits per heavy atom. The van der Waals surface area contributed by atoms with Crippen LogP contribution >= 0.6 is 0 Å². The number of aryl methyl sites for hydroxylation is 1. The predicted molar refractivity (Wildman–Crippen MR) is 138 cm³/mol. The van der Waals surface area contributed by atoms with Gasteiger partial charge < -0.3 is 9.84 Å². The van der Waals surface area contributed by atoms with Gasteiger partial charge in [0.05, 0.1) is 30.7 Å². The number of amides is 1. The molecule has 1 atom stereocenters. The van der Waals surface area contributed by atoms with Gasteiger partial charge >= 0.3 is 0 Å². The average molecular weight is 542 g/mol. The highest BCUT2D eigenvalue weighted by Crippen LogP contribution is 2.40. The van der Waals surface area contributed by atoms with E-state index in [2.05, 4.69) is 16.8 Å². The number of aliphatic hydroxyl groups is 1. The Bertz CT molecular complexity index is 1410. The fourth-order valence-corrected chi connectivity index (χ4v) is 5.15. The molecule has 3 N–H and O–H groups in total. The molecule has 2 aromatic carbocycles. The van der Waals surface area contributed by atoms with E-state index in [0.29, 0.717) is 38.1 Å². The van der Waals surface area contributed by atoms with Gasteiger partial charge in [0, 0.05) is 30.2 Å². The summed E-state index contributed by atoms with van der Waals surface area (Å²) >= 11 is 0. The smallest absolute Gasteiger partial charge is 0.249 e. The van der Waals surface area contributed by atoms with Gasteiger partial charge in [0.1, 0.15) is 5.75 Å². The van der Waals surface area contributed by atoms with E-state index >= 15 is 0 Å². The molecule has 0 saturated carbocycles. The maximum absolute atomic E-state index is 13.4. The van der Waals surface area contributed by atoms with Gasteiger partial charge in [-0.15, -0.1) is 0 Å². The number of fused-ring (bicyclic) bond motifs is 1. The van der Waals surface area contributed by atoms with Crippen molar-refractivity contribution in [3.05, 3.63) is 70.7 Å². The van der Waals surface area contributed by atoms with Crippen molar-refractivity contribution in [1.29, 1.82) is 0 Å². The maximum atomic E-state index is 13.4. The van der Waals surface area contributed by atoms with Gasteiger partial charge in [-0.05, 0) is 74.1 Å². The number of rotatable bonds is 7. The molecule has 0 bridgehead atoms. The predicted octanol–water partition coefficient (Wildman–Crippen LogP) is 4.42. The highest BCUT2D eigenvalue weighted by molar-refractivity contribution is 5.85. The minimum absolute atomic E-state index is 0.0305. The molecule has 206 valence electrons. The number of methoxy groups -OCH3 is 1. The maximum Gasteiger partial charge on any atom is 0.249 e. The molecule has 2 heterocycles. The molecule has 1 aliphatic rings. The van der Waals surface area contributed by atoms with Crippen molar-refractivity contribution in [2.45, 2.75) is 38.7 Å². The van der Waals surface area contributed by atoms with Crippen LogP contribution in [0.5, 0.6) is 5.75 Å². The molecule has 0 radical (unpaired) electrons. The lowest BCUT2D eigenvalue weighted by Crippen LogP contribution is -2.48. The number of nitrogens with one attached hydrogen (secondary N) is 1. The zero-order valence-electron chi connectivity index (χ0n) is 21.7. The Balaban J connectivity index is 1.44. The molecule has 0 aliphatic carbocycles. The number of hydrogen-bond donors (Lipinski definition) is 3. The van der Waals surface area contributed by atoms with Crippen LogP contribution in [-0.4, -0.2) is 52.8 Å². The van der Waals surface area contributed by atoms with Crippen LogP contribution in [-0.2, 0) is 4.79 Å². The molecule has 1 aliphatic heterocycles. The van der Waals surface area contributed by atoms with Crippen molar-refractivity contribution in [3.63, 3.8) is 0 Å². The monoisotopic (exact) mass is 541 g/mol. The summed E-state index contributed by atoms with van der Waals surface area (Å²) in [6, 6.07) is 7.14. The Labute approximate surface area is 224 Å². The van der Waals surface area contributed by atoms with Crippen molar-refractivity contribution in [3.8, 4) is 17.6 Å². The normalized spacial score (nSPS) is 15.9. The van der Waals surface area contributed by atoms with Gasteiger partial charge in [0.25, 0.3) is 0 Å². The summed E-state index contributed by atoms with van der Waals surface area (Å²) in [5.41, 5.74) is 3.19. The first-order chi connectivity index (χ1) is 18.7. The fraction of sp³-hybridized carbons (Fsp3) is 0.379. The van der Waals surface area contributed by atoms with Crippen molar-refractivity contribution >= 4 is 16.8 Å². The molecule has 0 unspecified atom stereocenters. The zero-order chi connectivity index (χ0) is 28.2. The van der Waals surface area contributed by atoms with Crippen LogP contribution in [0.15, 0.2) is 36.5 Å². The van der Waals surface area contributed by atoms with E-state index in [0.717, 1.165) is 34.2 Å². The molecular formula is C29H30F3N3O4. The molecule has 10 heteroatoms. The number of aromatic nitrogens is 1. The Kier molecular flexibility index (Phi) is 8.75. The number of likely N-dealkylation sites (tertiary alicyclic amines) is 1. The summed E-state index contributed by atoms with van der Waals surface area (Å²) in [5.74, 6) is 1.48. The second-order valence-corrected chi connectivity index (χ2v) is 9.85. The standard InChI is InChI=1S/C29H30F3N3O4/c1-18-17-33-24-6-5-20(39-2)16-21(24)26(18)25(36)7-8-29(28(37)34-38)9-12-35(13-10-29)11-3-4-19-14-22(30)27(32)23(31)15-19/h5-6,14-17,25,36,38H,7-13H2,1-2H3,(H,34,37)/t25-/m1/s1. The van der Waals surface area contributed by atoms with Crippen LogP contribution in [0.4, 0.5) is 13.2 Å². The van der Waals surface area contributed by atoms with E-state index in [-0.39, 0.29) is 18.5 Å². The lowest BCUT2D eigenvalue weighted by molar-refractivity contribution is -0.143. The first-order valence-corrected chi connectivity index (χ1v) is 12.6. The van der Waals surface area contributed by atoms with Gasteiger partial charge in [-0.1, -0.05) is 11.8 Å². The van der Waals surface area contributed by atoms with Gasteiger partial charge in [-0.2, -0.15) is 0 Å². The summed E-state index contributed by atoms with van der Waals surface area (Å²) in [4.78, 5) is 19.2. The molecule has 7 nitrogen and oxygen atoms in total. The number of nitrogens with zero attached hydrogens (tertiary/aromatic N) is 2. The second-order valence-electron chi connectivity index (χ2n) is 9.85. The van der Waals surface area contributed by atoms with Crippen LogP contribution < -0.4 is 10.2 Å². The molecule has 1 saturated heterocycles. The molecule has 39 heavy (non-hydrogen) atoms. The molecule has 1 fully saturated rings. The molecular weight excluding hydrogens is 511 g/mol. The largest absolute Gasteiger partial charge is 0.497 e. The molecule has 4 rings (SSSR count). The lowest BCUT2D eigenvalue weighted by atomic mass is 9.73. The quantitative estimate of drug-likeness (QED) is 0.177. The lowest BCUT2D eigenvalue weighted by Gasteiger charge is -2.40. The van der Waals surface area contributed by atoms with Crippen LogP contribution in [0, 0.1) is 41.6 Å². The number of benzene rings is 2. The summed E-state index contributed by atoms with van der Waals surface area (Å²) < 4.78 is 45.3. The van der Waals surface area contributed by atoms with Crippen LogP contribution in [0.2, 0.25) is 0 Å². The summed E-state index contributed by atoms with van der Waals surface area (Å²) in [6.07, 6.45) is 2.28. The molecule has 3 aromatic rings. The minimum atomic E-state index is -1.53. The summed E-state index contributed by atoms with van der Waals surface area (Å²) in [7, 11) is 1.57. The highest BCUT2D eigenvalue weighted by atomic mass is 19.2. The van der Waals surface area contributed by atoms with Crippen molar-refractivity contribution < 1.29 is 33.0 Å². The average Bonchev–Trinajstić information content (AvgIpc) is 2.94. The number of hydrogen-bond acceptors (Lipinski definition) is 6. The number of pyridine rings is 1. The third kappa shape index (κ3) is 6.17. The van der Waals surface area contributed by atoms with Crippen molar-refractivity contribution in [1.82, 2.24) is 15.4 Å². The number of hydroxylamine groups is 1. The number of carbonyl (C=O) groups is 1. The van der Waals surface area contributed by atoms with Crippen LogP contribution in [0.25, 0.3) is 10.9 Å². The first kappa shape index (κ1) is 28.4. The van der Waals surface area contributed by atoms with Crippen molar-refractivity contribution in [2.24, 2.45) is 5.41 Å². The first-order valence-electron chi connectivity index (χ1n) is 12.6. The van der Waals surface area contributed by atoms with E-state index < -0.39 is 34.9 Å². The van der Waals surface area contributed by atoms with E-state index in [9.17, 15) is 28.3 Å². The van der Waals surface area contributed by atoms with Gasteiger partial charge in [0.2, 0.25) is 5.91 Å². The number of piperidine rings is 1. The fourth-order valence-electron chi connectivity index (χ4n) is 5.15. The SMILES string of the molecule is COc1ccc2ncc(C)c([C@H](O)CCC3(C(=O)NO)CCN(CC#Cc4cc(F)c(F)c(F)c4)CC3)c2c1. The number of halogens is 3. The van der Waals surface area contributed by atoms with Crippen LogP contribution in [0.3, 0.4) is 0 Å². The molecule has 0 spiro atoms. The third-order valence-electron chi connectivity index (χ3n) is 7.46. The molecule has 1 aromatic heterocycles. The molecule has 1 amide bonds. The van der Waals surface area contributed by atoms with Crippen LogP contribution in [0.1, 0.15) is 48.5 Å². The highest BCUT2D eigenvalue weighted by Gasteiger charge is 2.41. The summed E-state index contributed by atoms with van der Waals surface area (Å²) in [5, 5.41) is 21.5. The topological polar surface area (TPSA) is 94.9 Å². The van der Waals surface area contributed by atoms with E-state index in [4.69, 9.17) is 4.74 Å². The van der Waals surface area contributed by atoms with Gasteiger partial charge in [-0.25, -0.2) is 18.7 Å². The second kappa shape index (κ2) is 12.0. The van der Waals surface area contributed by atoms with Gasteiger partial charge in [-0.3, -0.25) is 19.9 Å². The number of carbonyl (C=O) groups excluding carboxylic acids is 1. The third-order valence-corrected chi connectivity index (χ3v) is 7.46. The Morgan fingerprint density at radius 1 is 1.21 bits per heavy atom. The Hall–Kier alpha value is -3.65. The number of aliphatic hydroxyl groups excluding tert-OH is 1. The summed E-state index contributed by atoms with van der Waals surface area (Å²) in [6.45, 7) is 3.12. The number of ether oxygens (including phenoxy) is 1. The van der Waals surface area contributed by atoms with Gasteiger partial charge in [0.15, 0.2) is 17.5 Å².